The number of hydrogen-bond donors (Lipinski definition) is 0. The molecule has 2 aromatic rings. The first-order valence-electron chi connectivity index (χ1n) is 6.80. The van der Waals surface area contributed by atoms with E-state index < -0.39 is 0 Å². The monoisotopic (exact) mass is 361 g/mol. The van der Waals surface area contributed by atoms with Crippen LogP contribution in [0.15, 0.2) is 48.5 Å². The second-order valence-corrected chi connectivity index (χ2v) is 6.63. The molecule has 0 radical (unpaired) electrons. The number of rotatable bonds is 1. The maximum absolute atomic E-state index is 2.56. The second kappa shape index (κ2) is 3.98. The van der Waals surface area contributed by atoms with E-state index in [1.165, 1.54) is 33.4 Å². The third kappa shape index (κ3) is 1.41. The molecule has 3 heterocycles. The fraction of sp³-hybridized carbons (Fsp3) is 0.294. The minimum Gasteiger partial charge on any atom is -0.337 e. The summed E-state index contributed by atoms with van der Waals surface area (Å²) < 4.78 is 1.18. The number of nitrogens with zero attached hydrogens (tertiary/aromatic N) is 1. The minimum absolute atomic E-state index is 0.178. The van der Waals surface area contributed by atoms with Gasteiger partial charge in [-0.3, -0.25) is 0 Å². The topological polar surface area (TPSA) is 3.24 Å². The highest BCUT2D eigenvalue weighted by atomic mass is 127. The van der Waals surface area contributed by atoms with E-state index in [4.69, 9.17) is 0 Å². The fourth-order valence-electron chi connectivity index (χ4n) is 3.87. The van der Waals surface area contributed by atoms with E-state index in [-0.39, 0.29) is 5.41 Å². The predicted octanol–water partition coefficient (Wildman–Crippen LogP) is 4.65. The van der Waals surface area contributed by atoms with Crippen LogP contribution in [0.1, 0.15) is 24.5 Å². The molecule has 0 N–H and O–H groups in total. The van der Waals surface area contributed by atoms with Crippen LogP contribution in [0.2, 0.25) is 0 Å². The van der Waals surface area contributed by atoms with Gasteiger partial charge in [0, 0.05) is 27.3 Å². The molecule has 3 aliphatic heterocycles. The Hall–Kier alpha value is -1.03. The Labute approximate surface area is 127 Å². The minimum atomic E-state index is 0.178. The molecule has 0 aromatic heterocycles. The van der Waals surface area contributed by atoms with Crippen LogP contribution in [-0.2, 0) is 5.41 Å². The number of halogens is 1. The van der Waals surface area contributed by atoms with Crippen LogP contribution in [-0.4, -0.2) is 10.5 Å². The van der Waals surface area contributed by atoms with Gasteiger partial charge in [0.05, 0.1) is 0 Å². The zero-order chi connectivity index (χ0) is 13.0. The maximum Gasteiger partial charge on any atom is 0.0455 e. The zero-order valence-electron chi connectivity index (χ0n) is 10.9. The molecule has 1 atom stereocenters. The van der Waals surface area contributed by atoms with Crippen molar-refractivity contribution in [3.63, 3.8) is 0 Å². The average molecular weight is 361 g/mol. The highest BCUT2D eigenvalue weighted by molar-refractivity contribution is 14.1. The Kier molecular flexibility index (Phi) is 2.47. The van der Waals surface area contributed by atoms with Crippen molar-refractivity contribution < 1.29 is 0 Å². The normalized spacial score (nSPS) is 27.1. The highest BCUT2D eigenvalue weighted by Crippen LogP contribution is 2.56. The maximum atomic E-state index is 2.56. The fourth-order valence-corrected chi connectivity index (χ4v) is 4.58. The Morgan fingerprint density at radius 2 is 1.58 bits per heavy atom. The van der Waals surface area contributed by atoms with Gasteiger partial charge in [0.25, 0.3) is 0 Å². The summed E-state index contributed by atoms with van der Waals surface area (Å²) in [5, 5.41) is 0. The summed E-state index contributed by atoms with van der Waals surface area (Å²) in [6, 6.07) is 18.5. The van der Waals surface area contributed by atoms with Gasteiger partial charge >= 0.3 is 0 Å². The van der Waals surface area contributed by atoms with Crippen molar-refractivity contribution in [2.24, 2.45) is 0 Å². The Balaban J connectivity index is 2.07. The van der Waals surface area contributed by atoms with Crippen LogP contribution >= 0.6 is 22.6 Å². The van der Waals surface area contributed by atoms with E-state index in [9.17, 15) is 0 Å². The summed E-state index contributed by atoms with van der Waals surface area (Å²) in [4.78, 5) is 2.56. The summed E-state index contributed by atoms with van der Waals surface area (Å²) in [6.07, 6.45) is 1.23. The lowest BCUT2D eigenvalue weighted by Crippen LogP contribution is -2.50. The largest absolute Gasteiger partial charge is 0.337 e. The summed E-state index contributed by atoms with van der Waals surface area (Å²) in [7, 11) is 0. The van der Waals surface area contributed by atoms with E-state index in [2.05, 4.69) is 82.9 Å². The molecule has 19 heavy (non-hydrogen) atoms. The van der Waals surface area contributed by atoms with Crippen molar-refractivity contribution in [2.75, 3.05) is 9.33 Å². The number of anilines is 2. The van der Waals surface area contributed by atoms with E-state index in [0.29, 0.717) is 6.04 Å². The third-order valence-corrected chi connectivity index (χ3v) is 5.72. The third-order valence-electron chi connectivity index (χ3n) is 4.70. The number of fused-ring (bicyclic) bond motifs is 1. The van der Waals surface area contributed by atoms with Gasteiger partial charge in [-0.1, -0.05) is 65.9 Å². The standard InChI is InChI=1S/C17H16IN/c1-17-10-12(11-18)19(15-8-4-2-6-13(15)17)16-9-5-3-7-14(16)17/h2-9,12H,10-11H2,1H3. The first-order chi connectivity index (χ1) is 9.25. The Morgan fingerprint density at radius 1 is 1.05 bits per heavy atom. The van der Waals surface area contributed by atoms with Crippen LogP contribution in [0.25, 0.3) is 0 Å². The smallest absolute Gasteiger partial charge is 0.0455 e. The molecule has 1 unspecified atom stereocenters. The Morgan fingerprint density at radius 3 is 2.11 bits per heavy atom. The predicted molar refractivity (Wildman–Crippen MR) is 88.8 cm³/mol. The van der Waals surface area contributed by atoms with Crippen molar-refractivity contribution in [1.82, 2.24) is 0 Å². The number of para-hydroxylation sites is 2. The average Bonchev–Trinajstić information content (AvgIpc) is 2.47. The van der Waals surface area contributed by atoms with Gasteiger partial charge < -0.3 is 4.90 Å². The van der Waals surface area contributed by atoms with Crippen molar-refractivity contribution in [2.45, 2.75) is 24.8 Å². The first kappa shape index (κ1) is 11.8. The molecule has 2 bridgehead atoms. The highest BCUT2D eigenvalue weighted by Gasteiger charge is 2.47. The molecule has 0 fully saturated rings. The molecule has 96 valence electrons. The molecule has 0 spiro atoms. The molecule has 2 aromatic carbocycles. The van der Waals surface area contributed by atoms with Crippen LogP contribution in [0.5, 0.6) is 0 Å². The van der Waals surface area contributed by atoms with Crippen molar-refractivity contribution in [3.8, 4) is 0 Å². The van der Waals surface area contributed by atoms with E-state index in [0.717, 1.165) is 0 Å². The van der Waals surface area contributed by atoms with Gasteiger partial charge in [-0.2, -0.15) is 0 Å². The quantitative estimate of drug-likeness (QED) is 0.528. The van der Waals surface area contributed by atoms with Gasteiger partial charge in [0.15, 0.2) is 0 Å². The van der Waals surface area contributed by atoms with E-state index in [1.54, 1.807) is 0 Å². The lowest BCUT2D eigenvalue weighted by Gasteiger charge is -2.53. The molecule has 5 rings (SSSR count). The SMILES string of the molecule is CC12CC(CI)N(c3ccccc31)c1ccccc12. The summed E-state index contributed by atoms with van der Waals surface area (Å²) in [5.41, 5.74) is 6.00. The van der Waals surface area contributed by atoms with Crippen molar-refractivity contribution >= 4 is 34.0 Å². The van der Waals surface area contributed by atoms with Gasteiger partial charge in [0.2, 0.25) is 0 Å². The molecule has 1 nitrogen and oxygen atoms in total. The lowest BCUT2D eigenvalue weighted by atomic mass is 9.65. The summed E-state index contributed by atoms with van der Waals surface area (Å²) in [6.45, 7) is 2.42. The lowest BCUT2D eigenvalue weighted by molar-refractivity contribution is 0.423. The molecule has 2 heteroatoms. The second-order valence-electron chi connectivity index (χ2n) is 5.75. The molecule has 0 saturated heterocycles. The molecular weight excluding hydrogens is 345 g/mol. The van der Waals surface area contributed by atoms with Crippen LogP contribution in [0, 0.1) is 0 Å². The summed E-state index contributed by atoms with van der Waals surface area (Å²) in [5.74, 6) is 0. The van der Waals surface area contributed by atoms with Crippen LogP contribution in [0.4, 0.5) is 11.4 Å². The molecular formula is C17H16IN. The van der Waals surface area contributed by atoms with Crippen LogP contribution in [0.3, 0.4) is 0 Å². The number of hydrogen-bond acceptors (Lipinski definition) is 1. The number of benzene rings is 2. The van der Waals surface area contributed by atoms with Gasteiger partial charge in [-0.25, -0.2) is 0 Å². The molecule has 0 saturated carbocycles. The number of alkyl halides is 1. The molecule has 0 amide bonds. The van der Waals surface area contributed by atoms with Gasteiger partial charge in [0.1, 0.15) is 0 Å². The van der Waals surface area contributed by atoms with Gasteiger partial charge in [-0.05, 0) is 29.7 Å². The Bertz CT molecular complexity index is 602. The first-order valence-corrected chi connectivity index (χ1v) is 8.32. The molecule has 3 aliphatic rings. The van der Waals surface area contributed by atoms with Crippen LogP contribution < -0.4 is 4.90 Å². The van der Waals surface area contributed by atoms with E-state index >= 15 is 0 Å². The summed E-state index contributed by atoms with van der Waals surface area (Å²) >= 11 is 2.53. The zero-order valence-corrected chi connectivity index (χ0v) is 13.1. The van der Waals surface area contributed by atoms with E-state index in [1.807, 2.05) is 0 Å². The molecule has 0 aliphatic carbocycles. The van der Waals surface area contributed by atoms with Crippen molar-refractivity contribution in [1.29, 1.82) is 0 Å². The van der Waals surface area contributed by atoms with Gasteiger partial charge in [-0.15, -0.1) is 0 Å². The van der Waals surface area contributed by atoms with Crippen molar-refractivity contribution in [3.05, 3.63) is 59.7 Å².